The van der Waals surface area contributed by atoms with Crippen LogP contribution in [0.5, 0.6) is 0 Å². The third-order valence-electron chi connectivity index (χ3n) is 2.97. The van der Waals surface area contributed by atoms with Crippen LogP contribution in [0.25, 0.3) is 0 Å². The van der Waals surface area contributed by atoms with Gasteiger partial charge in [0.1, 0.15) is 5.82 Å². The van der Waals surface area contributed by atoms with E-state index in [1.807, 2.05) is 6.92 Å². The van der Waals surface area contributed by atoms with Gasteiger partial charge in [-0.25, -0.2) is 0 Å². The van der Waals surface area contributed by atoms with Crippen molar-refractivity contribution >= 4 is 11.6 Å². The molecule has 0 radical (unpaired) electrons. The summed E-state index contributed by atoms with van der Waals surface area (Å²) in [7, 11) is 0. The summed E-state index contributed by atoms with van der Waals surface area (Å²) in [6.45, 7) is 4.23. The maximum absolute atomic E-state index is 5.98. The maximum atomic E-state index is 5.98. The number of halogens is 1. The first-order valence-corrected chi connectivity index (χ1v) is 5.15. The molecular weight excluding hydrogens is 186 g/mol. The largest absolute Gasteiger partial charge is 0.299 e. The lowest BCUT2D eigenvalue weighted by atomic mass is 10.1. The molecule has 0 amide bonds. The Kier molecular flexibility index (Phi) is 2.28. The van der Waals surface area contributed by atoms with Crippen molar-refractivity contribution in [3.8, 4) is 0 Å². The predicted molar refractivity (Wildman–Crippen MR) is 51.8 cm³/mol. The second-order valence-electron chi connectivity index (χ2n) is 3.86. The molecule has 1 saturated carbocycles. The monoisotopic (exact) mass is 199 g/mol. The second-order valence-corrected chi connectivity index (χ2v) is 4.20. The summed E-state index contributed by atoms with van der Waals surface area (Å²) in [5.74, 6) is 1.64. The Hall–Kier alpha value is -0.570. The highest BCUT2D eigenvalue weighted by Gasteiger charge is 2.27. The zero-order valence-electron chi connectivity index (χ0n) is 8.00. The van der Waals surface area contributed by atoms with E-state index in [-0.39, 0.29) is 0 Å². The number of hydrogen-bond donors (Lipinski definition) is 0. The first-order valence-electron chi connectivity index (χ1n) is 4.77. The van der Waals surface area contributed by atoms with Crippen LogP contribution < -0.4 is 0 Å². The first kappa shape index (κ1) is 9.00. The molecule has 0 bridgehead atoms. The topological polar surface area (TPSA) is 30.7 Å². The number of nitrogens with zero attached hydrogens (tertiary/aromatic N) is 3. The van der Waals surface area contributed by atoms with Gasteiger partial charge < -0.3 is 0 Å². The average Bonchev–Trinajstić information content (AvgIpc) is 2.60. The van der Waals surface area contributed by atoms with Crippen molar-refractivity contribution in [3.63, 3.8) is 0 Å². The van der Waals surface area contributed by atoms with Gasteiger partial charge in [-0.3, -0.25) is 4.57 Å². The van der Waals surface area contributed by atoms with Crippen LogP contribution in [-0.2, 0) is 0 Å². The van der Waals surface area contributed by atoms with Crippen molar-refractivity contribution in [2.24, 2.45) is 5.92 Å². The molecule has 13 heavy (non-hydrogen) atoms. The average molecular weight is 200 g/mol. The van der Waals surface area contributed by atoms with E-state index in [4.69, 9.17) is 11.6 Å². The molecule has 1 aliphatic carbocycles. The van der Waals surface area contributed by atoms with Crippen LogP contribution in [0.3, 0.4) is 0 Å². The predicted octanol–water partition coefficient (Wildman–Crippen LogP) is 2.60. The minimum atomic E-state index is 0.516. The Morgan fingerprint density at radius 3 is 2.62 bits per heavy atom. The molecule has 1 heterocycles. The molecule has 2 rings (SSSR count). The Bertz CT molecular complexity index is 288. The highest BCUT2D eigenvalue weighted by atomic mass is 35.5. The van der Waals surface area contributed by atoms with Crippen molar-refractivity contribution in [2.45, 2.75) is 39.2 Å². The molecule has 2 atom stereocenters. The fraction of sp³-hybridized carbons (Fsp3) is 0.778. The van der Waals surface area contributed by atoms with Crippen LogP contribution >= 0.6 is 11.6 Å². The number of hydrogen-bond acceptors (Lipinski definition) is 2. The fourth-order valence-electron chi connectivity index (χ4n) is 2.23. The van der Waals surface area contributed by atoms with Crippen LogP contribution in [0.1, 0.15) is 38.1 Å². The lowest BCUT2D eigenvalue weighted by Gasteiger charge is -2.18. The molecule has 0 aromatic carbocycles. The van der Waals surface area contributed by atoms with Crippen molar-refractivity contribution < 1.29 is 0 Å². The summed E-state index contributed by atoms with van der Waals surface area (Å²) in [6.07, 6.45) is 3.79. The molecule has 1 aliphatic rings. The van der Waals surface area contributed by atoms with Crippen LogP contribution in [0.2, 0.25) is 5.28 Å². The summed E-state index contributed by atoms with van der Waals surface area (Å²) in [5, 5.41) is 8.39. The molecule has 72 valence electrons. The Labute approximate surface area is 83.1 Å². The van der Waals surface area contributed by atoms with Gasteiger partial charge in [0.2, 0.25) is 5.28 Å². The summed E-state index contributed by atoms with van der Waals surface area (Å²) in [4.78, 5) is 0. The molecule has 1 fully saturated rings. The number of aryl methyl sites for hydroxylation is 1. The van der Waals surface area contributed by atoms with Crippen molar-refractivity contribution in [1.29, 1.82) is 0 Å². The van der Waals surface area contributed by atoms with E-state index < -0.39 is 0 Å². The van der Waals surface area contributed by atoms with E-state index in [0.29, 0.717) is 17.2 Å². The zero-order chi connectivity index (χ0) is 9.42. The molecule has 2 unspecified atom stereocenters. The van der Waals surface area contributed by atoms with Gasteiger partial charge in [-0.05, 0) is 37.3 Å². The van der Waals surface area contributed by atoms with E-state index >= 15 is 0 Å². The van der Waals surface area contributed by atoms with E-state index in [9.17, 15) is 0 Å². The Morgan fingerprint density at radius 1 is 1.38 bits per heavy atom. The summed E-state index contributed by atoms with van der Waals surface area (Å²) >= 11 is 5.98. The smallest absolute Gasteiger partial charge is 0.225 e. The first-order chi connectivity index (χ1) is 6.20. The second kappa shape index (κ2) is 3.29. The minimum absolute atomic E-state index is 0.516. The minimum Gasteiger partial charge on any atom is -0.299 e. The van der Waals surface area contributed by atoms with E-state index in [0.717, 1.165) is 5.82 Å². The van der Waals surface area contributed by atoms with E-state index in [1.165, 1.54) is 19.3 Å². The molecule has 0 N–H and O–H groups in total. The molecule has 0 spiro atoms. The van der Waals surface area contributed by atoms with E-state index in [2.05, 4.69) is 21.7 Å². The van der Waals surface area contributed by atoms with Gasteiger partial charge in [0, 0.05) is 6.04 Å². The van der Waals surface area contributed by atoms with Crippen LogP contribution in [0.15, 0.2) is 0 Å². The summed E-state index contributed by atoms with van der Waals surface area (Å²) < 4.78 is 2.07. The van der Waals surface area contributed by atoms with Gasteiger partial charge in [-0.1, -0.05) is 13.3 Å². The van der Waals surface area contributed by atoms with Crippen LogP contribution in [0.4, 0.5) is 0 Å². The van der Waals surface area contributed by atoms with Crippen molar-refractivity contribution in [3.05, 3.63) is 11.1 Å². The van der Waals surface area contributed by atoms with Gasteiger partial charge in [0.15, 0.2) is 0 Å². The molecule has 3 nitrogen and oxygen atoms in total. The lowest BCUT2D eigenvalue weighted by molar-refractivity contribution is 0.400. The zero-order valence-corrected chi connectivity index (χ0v) is 8.75. The van der Waals surface area contributed by atoms with Gasteiger partial charge in [-0.15, -0.1) is 10.2 Å². The molecular formula is C9H14ClN3. The number of aromatic nitrogens is 3. The standard InChI is InChI=1S/C9H14ClN3/c1-6-4-3-5-8(6)13-7(2)11-12-9(13)10/h6,8H,3-5H2,1-2H3. The molecule has 1 aromatic rings. The Balaban J connectivity index is 2.33. The lowest BCUT2D eigenvalue weighted by Crippen LogP contribution is -2.13. The summed E-state index contributed by atoms with van der Waals surface area (Å²) in [6, 6.07) is 0.516. The van der Waals surface area contributed by atoms with E-state index in [1.54, 1.807) is 0 Å². The third kappa shape index (κ3) is 1.46. The molecule has 1 aromatic heterocycles. The molecule has 4 heteroatoms. The van der Waals surface area contributed by atoms with Gasteiger partial charge in [0.05, 0.1) is 0 Å². The van der Waals surface area contributed by atoms with Crippen molar-refractivity contribution in [1.82, 2.24) is 14.8 Å². The highest BCUT2D eigenvalue weighted by Crippen LogP contribution is 2.37. The van der Waals surface area contributed by atoms with Crippen LogP contribution in [0, 0.1) is 12.8 Å². The molecule has 0 aliphatic heterocycles. The normalized spacial score (nSPS) is 28.2. The third-order valence-corrected chi connectivity index (χ3v) is 3.23. The van der Waals surface area contributed by atoms with Crippen LogP contribution in [-0.4, -0.2) is 14.8 Å². The van der Waals surface area contributed by atoms with Gasteiger partial charge in [0.25, 0.3) is 0 Å². The quantitative estimate of drug-likeness (QED) is 0.696. The van der Waals surface area contributed by atoms with Gasteiger partial charge >= 0.3 is 0 Å². The highest BCUT2D eigenvalue weighted by molar-refractivity contribution is 6.28. The van der Waals surface area contributed by atoms with Gasteiger partial charge in [-0.2, -0.15) is 0 Å². The Morgan fingerprint density at radius 2 is 2.15 bits per heavy atom. The fourth-order valence-corrected chi connectivity index (χ4v) is 2.52. The molecule has 0 saturated heterocycles. The number of rotatable bonds is 1. The SMILES string of the molecule is Cc1nnc(Cl)n1C1CCCC1C. The summed E-state index contributed by atoms with van der Waals surface area (Å²) in [5.41, 5.74) is 0. The maximum Gasteiger partial charge on any atom is 0.225 e. The van der Waals surface area contributed by atoms with Crippen molar-refractivity contribution in [2.75, 3.05) is 0 Å².